The van der Waals surface area contributed by atoms with E-state index in [0.29, 0.717) is 6.61 Å². The molecule has 1 aromatic rings. The van der Waals surface area contributed by atoms with Crippen molar-refractivity contribution in [1.82, 2.24) is 5.32 Å². The van der Waals surface area contributed by atoms with E-state index in [2.05, 4.69) is 5.32 Å². The maximum atomic E-state index is 11.9. The Morgan fingerprint density at radius 3 is 2.90 bits per heavy atom. The van der Waals surface area contributed by atoms with Crippen LogP contribution in [-0.4, -0.2) is 29.8 Å². The minimum absolute atomic E-state index is 0.127. The highest BCUT2D eigenvalue weighted by atomic mass is 16.5. The number of para-hydroxylation sites is 1. The van der Waals surface area contributed by atoms with E-state index < -0.39 is 6.10 Å². The highest BCUT2D eigenvalue weighted by molar-refractivity contribution is 5.92. The summed E-state index contributed by atoms with van der Waals surface area (Å²) in [7, 11) is 0. The van der Waals surface area contributed by atoms with E-state index in [0.717, 1.165) is 37.0 Å². The van der Waals surface area contributed by atoms with E-state index in [1.807, 2.05) is 31.2 Å². The predicted molar refractivity (Wildman–Crippen MR) is 83.1 cm³/mol. The zero-order valence-corrected chi connectivity index (χ0v) is 12.4. The molecule has 0 radical (unpaired) electrons. The Kier molecular flexibility index (Phi) is 5.81. The van der Waals surface area contributed by atoms with Crippen molar-refractivity contribution in [2.24, 2.45) is 0 Å². The van der Waals surface area contributed by atoms with Crippen molar-refractivity contribution < 1.29 is 14.6 Å². The van der Waals surface area contributed by atoms with Crippen LogP contribution in [0, 0.1) is 0 Å². The third kappa shape index (κ3) is 4.60. The Bertz CT molecular complexity index is 499. The lowest BCUT2D eigenvalue weighted by Gasteiger charge is -2.27. The van der Waals surface area contributed by atoms with Gasteiger partial charge in [-0.05, 0) is 31.9 Å². The molecule has 2 unspecified atom stereocenters. The molecule has 0 bridgehead atoms. The van der Waals surface area contributed by atoms with Gasteiger partial charge in [-0.2, -0.15) is 0 Å². The molecule has 0 heterocycles. The van der Waals surface area contributed by atoms with Gasteiger partial charge < -0.3 is 15.2 Å². The van der Waals surface area contributed by atoms with E-state index >= 15 is 0 Å². The van der Waals surface area contributed by atoms with Gasteiger partial charge in [-0.25, -0.2) is 0 Å². The van der Waals surface area contributed by atoms with Crippen molar-refractivity contribution in [3.63, 3.8) is 0 Å². The molecule has 21 heavy (non-hydrogen) atoms. The first-order chi connectivity index (χ1) is 10.2. The van der Waals surface area contributed by atoms with Gasteiger partial charge in [0.2, 0.25) is 5.91 Å². The van der Waals surface area contributed by atoms with Crippen molar-refractivity contribution in [2.75, 3.05) is 6.61 Å². The SMILES string of the molecule is CCOc1ccccc1C=CC(=O)NC1CCCCC1O. The van der Waals surface area contributed by atoms with Crippen molar-refractivity contribution >= 4 is 12.0 Å². The summed E-state index contributed by atoms with van der Waals surface area (Å²) in [6.07, 6.45) is 6.52. The molecule has 1 fully saturated rings. The van der Waals surface area contributed by atoms with Crippen LogP contribution in [0.25, 0.3) is 6.08 Å². The Balaban J connectivity index is 1.95. The molecule has 0 aromatic heterocycles. The van der Waals surface area contributed by atoms with Crippen LogP contribution in [-0.2, 0) is 4.79 Å². The molecule has 2 atom stereocenters. The maximum Gasteiger partial charge on any atom is 0.244 e. The molecule has 0 spiro atoms. The first kappa shape index (κ1) is 15.6. The molecule has 1 aliphatic rings. The fourth-order valence-electron chi connectivity index (χ4n) is 2.58. The molecular formula is C17H23NO3. The Morgan fingerprint density at radius 1 is 1.38 bits per heavy atom. The Morgan fingerprint density at radius 2 is 2.14 bits per heavy atom. The number of rotatable bonds is 5. The number of ether oxygens (including phenoxy) is 1. The molecule has 4 heteroatoms. The van der Waals surface area contributed by atoms with E-state index in [1.165, 1.54) is 6.08 Å². The van der Waals surface area contributed by atoms with Crippen LogP contribution in [0.15, 0.2) is 30.3 Å². The quantitative estimate of drug-likeness (QED) is 0.819. The maximum absolute atomic E-state index is 11.9. The standard InChI is InChI=1S/C17H23NO3/c1-2-21-16-10-6-3-7-13(16)11-12-17(20)18-14-8-4-5-9-15(14)19/h3,6-7,10-12,14-15,19H,2,4-5,8-9H2,1H3,(H,18,20). The van der Waals surface area contributed by atoms with E-state index in [4.69, 9.17) is 4.74 Å². The molecule has 2 rings (SSSR count). The fourth-order valence-corrected chi connectivity index (χ4v) is 2.58. The van der Waals surface area contributed by atoms with Crippen LogP contribution >= 0.6 is 0 Å². The van der Waals surface area contributed by atoms with E-state index in [-0.39, 0.29) is 11.9 Å². The minimum Gasteiger partial charge on any atom is -0.493 e. The zero-order valence-electron chi connectivity index (χ0n) is 12.4. The number of amides is 1. The smallest absolute Gasteiger partial charge is 0.244 e. The summed E-state index contributed by atoms with van der Waals surface area (Å²) in [5, 5.41) is 12.7. The number of aliphatic hydroxyl groups excluding tert-OH is 1. The third-order valence-electron chi connectivity index (χ3n) is 3.69. The van der Waals surface area contributed by atoms with Crippen molar-refractivity contribution in [3.8, 4) is 5.75 Å². The van der Waals surface area contributed by atoms with Gasteiger partial charge >= 0.3 is 0 Å². The number of hydrogen-bond acceptors (Lipinski definition) is 3. The number of benzene rings is 1. The van der Waals surface area contributed by atoms with Crippen LogP contribution in [0.1, 0.15) is 38.2 Å². The van der Waals surface area contributed by atoms with Crippen LogP contribution in [0.3, 0.4) is 0 Å². The molecule has 0 saturated heterocycles. The zero-order chi connectivity index (χ0) is 15.1. The first-order valence-corrected chi connectivity index (χ1v) is 7.59. The highest BCUT2D eigenvalue weighted by Crippen LogP contribution is 2.20. The minimum atomic E-state index is -0.424. The second-order valence-electron chi connectivity index (χ2n) is 5.27. The molecule has 1 aromatic carbocycles. The summed E-state index contributed by atoms with van der Waals surface area (Å²) in [6.45, 7) is 2.52. The van der Waals surface area contributed by atoms with Gasteiger partial charge in [-0.1, -0.05) is 31.0 Å². The fraction of sp³-hybridized carbons (Fsp3) is 0.471. The number of carbonyl (C=O) groups is 1. The van der Waals surface area contributed by atoms with Gasteiger partial charge in [-0.15, -0.1) is 0 Å². The van der Waals surface area contributed by atoms with Gasteiger partial charge in [0, 0.05) is 11.6 Å². The summed E-state index contributed by atoms with van der Waals surface area (Å²) in [5.74, 6) is 0.592. The normalized spacial score (nSPS) is 22.2. The molecule has 0 aliphatic heterocycles. The summed E-state index contributed by atoms with van der Waals surface area (Å²) in [5.41, 5.74) is 0.874. The second-order valence-corrected chi connectivity index (χ2v) is 5.27. The molecule has 2 N–H and O–H groups in total. The predicted octanol–water partition coefficient (Wildman–Crippen LogP) is 2.52. The van der Waals surface area contributed by atoms with Crippen LogP contribution in [0.5, 0.6) is 5.75 Å². The van der Waals surface area contributed by atoms with Crippen LogP contribution in [0.4, 0.5) is 0 Å². The van der Waals surface area contributed by atoms with Crippen LogP contribution < -0.4 is 10.1 Å². The summed E-state index contributed by atoms with van der Waals surface area (Å²) >= 11 is 0. The molecule has 1 aliphatic carbocycles. The lowest BCUT2D eigenvalue weighted by Crippen LogP contribution is -2.44. The van der Waals surface area contributed by atoms with Gasteiger partial charge in [0.1, 0.15) is 5.75 Å². The molecule has 1 amide bonds. The number of aliphatic hydroxyl groups is 1. The number of nitrogens with one attached hydrogen (secondary N) is 1. The molecule has 1 saturated carbocycles. The molecular weight excluding hydrogens is 266 g/mol. The van der Waals surface area contributed by atoms with Gasteiger partial charge in [0.15, 0.2) is 0 Å². The largest absolute Gasteiger partial charge is 0.493 e. The van der Waals surface area contributed by atoms with Crippen molar-refractivity contribution in [1.29, 1.82) is 0 Å². The van der Waals surface area contributed by atoms with E-state index in [1.54, 1.807) is 6.08 Å². The van der Waals surface area contributed by atoms with Gasteiger partial charge in [0.25, 0.3) is 0 Å². The third-order valence-corrected chi connectivity index (χ3v) is 3.69. The lowest BCUT2D eigenvalue weighted by atomic mass is 9.92. The van der Waals surface area contributed by atoms with E-state index in [9.17, 15) is 9.90 Å². The summed E-state index contributed by atoms with van der Waals surface area (Å²) in [4.78, 5) is 11.9. The number of carbonyl (C=O) groups excluding carboxylic acids is 1. The lowest BCUT2D eigenvalue weighted by molar-refractivity contribution is -0.118. The highest BCUT2D eigenvalue weighted by Gasteiger charge is 2.23. The summed E-state index contributed by atoms with van der Waals surface area (Å²) < 4.78 is 5.51. The van der Waals surface area contributed by atoms with Crippen molar-refractivity contribution in [2.45, 2.75) is 44.8 Å². The summed E-state index contributed by atoms with van der Waals surface area (Å²) in [6, 6.07) is 7.47. The Labute approximate surface area is 125 Å². The number of hydrogen-bond donors (Lipinski definition) is 2. The van der Waals surface area contributed by atoms with Gasteiger partial charge in [0.05, 0.1) is 18.8 Å². The molecule has 4 nitrogen and oxygen atoms in total. The Hall–Kier alpha value is -1.81. The second kappa shape index (κ2) is 7.84. The van der Waals surface area contributed by atoms with Crippen LogP contribution in [0.2, 0.25) is 0 Å². The average Bonchev–Trinajstić information content (AvgIpc) is 2.49. The average molecular weight is 289 g/mol. The van der Waals surface area contributed by atoms with Gasteiger partial charge in [-0.3, -0.25) is 4.79 Å². The first-order valence-electron chi connectivity index (χ1n) is 7.59. The van der Waals surface area contributed by atoms with Crippen molar-refractivity contribution in [3.05, 3.63) is 35.9 Å². The topological polar surface area (TPSA) is 58.6 Å². The molecule has 114 valence electrons. The monoisotopic (exact) mass is 289 g/mol.